The zero-order valence-corrected chi connectivity index (χ0v) is 7.33. The van der Waals surface area contributed by atoms with Crippen LogP contribution in [0.25, 0.3) is 0 Å². The van der Waals surface area contributed by atoms with Gasteiger partial charge >= 0.3 is 0 Å². The fourth-order valence-electron chi connectivity index (χ4n) is 1.50. The second-order valence-electron chi connectivity index (χ2n) is 3.33. The Morgan fingerprint density at radius 3 is 2.62 bits per heavy atom. The van der Waals surface area contributed by atoms with Crippen LogP contribution in [0.15, 0.2) is 24.3 Å². The number of rotatable bonds is 2. The van der Waals surface area contributed by atoms with Crippen molar-refractivity contribution in [2.24, 2.45) is 0 Å². The van der Waals surface area contributed by atoms with Gasteiger partial charge in [-0.15, -0.1) is 0 Å². The van der Waals surface area contributed by atoms with Crippen LogP contribution >= 0.6 is 0 Å². The third kappa shape index (κ3) is 1.24. The summed E-state index contributed by atoms with van der Waals surface area (Å²) in [5.41, 5.74) is -0.337. The van der Waals surface area contributed by atoms with Gasteiger partial charge in [-0.3, -0.25) is 0 Å². The molecule has 0 bridgehead atoms. The predicted molar refractivity (Wildman–Crippen MR) is 45.7 cm³/mol. The van der Waals surface area contributed by atoms with E-state index in [-0.39, 0.29) is 5.82 Å². The highest BCUT2D eigenvalue weighted by Gasteiger charge is 2.52. The molecule has 1 aliphatic heterocycles. The van der Waals surface area contributed by atoms with Gasteiger partial charge in [0.15, 0.2) is 0 Å². The molecule has 0 radical (unpaired) electrons. The van der Waals surface area contributed by atoms with Crippen molar-refractivity contribution >= 4 is 0 Å². The van der Waals surface area contributed by atoms with Crippen LogP contribution < -0.4 is 0 Å². The molecule has 0 amide bonds. The van der Waals surface area contributed by atoms with E-state index in [0.29, 0.717) is 12.2 Å². The Balaban J connectivity index is 2.41. The lowest BCUT2D eigenvalue weighted by Crippen LogP contribution is -2.25. The summed E-state index contributed by atoms with van der Waals surface area (Å²) in [5, 5.41) is 9.43. The Morgan fingerprint density at radius 2 is 2.15 bits per heavy atom. The summed E-state index contributed by atoms with van der Waals surface area (Å²) in [6.07, 6.45) is -0.676. The van der Waals surface area contributed by atoms with Crippen LogP contribution in [0.1, 0.15) is 12.5 Å². The van der Waals surface area contributed by atoms with Crippen molar-refractivity contribution in [2.75, 3.05) is 6.61 Å². The molecule has 1 aromatic rings. The standard InChI is InChI=1S/C10H11FO2/c1-7(12)10(6-13-10)8-4-2-3-5-9(8)11/h2-5,7,12H,6H2,1H3/t7-,10?/m1/s1. The fourth-order valence-corrected chi connectivity index (χ4v) is 1.50. The van der Waals surface area contributed by atoms with E-state index >= 15 is 0 Å². The summed E-state index contributed by atoms with van der Waals surface area (Å²) in [4.78, 5) is 0. The van der Waals surface area contributed by atoms with Crippen molar-refractivity contribution in [3.63, 3.8) is 0 Å². The van der Waals surface area contributed by atoms with E-state index in [0.717, 1.165) is 0 Å². The molecule has 2 rings (SSSR count). The molecule has 13 heavy (non-hydrogen) atoms. The van der Waals surface area contributed by atoms with Crippen LogP contribution in [-0.4, -0.2) is 17.8 Å². The second-order valence-corrected chi connectivity index (χ2v) is 3.33. The highest BCUT2D eigenvalue weighted by atomic mass is 19.1. The Morgan fingerprint density at radius 1 is 1.54 bits per heavy atom. The first-order chi connectivity index (χ1) is 6.17. The maximum Gasteiger partial charge on any atom is 0.145 e. The Bertz CT molecular complexity index is 318. The van der Waals surface area contributed by atoms with E-state index < -0.39 is 11.7 Å². The van der Waals surface area contributed by atoms with E-state index in [4.69, 9.17) is 4.74 Å². The van der Waals surface area contributed by atoms with Gasteiger partial charge in [-0.25, -0.2) is 4.39 Å². The Labute approximate surface area is 76.0 Å². The normalized spacial score (nSPS) is 28.5. The van der Waals surface area contributed by atoms with Gasteiger partial charge in [-0.1, -0.05) is 18.2 Å². The minimum absolute atomic E-state index is 0.319. The van der Waals surface area contributed by atoms with Crippen LogP contribution in [0.4, 0.5) is 4.39 Å². The number of hydrogen-bond donors (Lipinski definition) is 1. The number of epoxide rings is 1. The topological polar surface area (TPSA) is 32.8 Å². The number of hydrogen-bond acceptors (Lipinski definition) is 2. The Kier molecular flexibility index (Phi) is 1.86. The molecule has 1 aromatic carbocycles. The first-order valence-corrected chi connectivity index (χ1v) is 4.24. The van der Waals surface area contributed by atoms with Crippen molar-refractivity contribution in [3.8, 4) is 0 Å². The molecule has 1 saturated heterocycles. The first-order valence-electron chi connectivity index (χ1n) is 4.24. The molecule has 1 fully saturated rings. The molecule has 0 spiro atoms. The second kappa shape index (κ2) is 2.79. The molecule has 0 saturated carbocycles. The van der Waals surface area contributed by atoms with Crippen molar-refractivity contribution < 1.29 is 14.2 Å². The van der Waals surface area contributed by atoms with E-state index in [1.807, 2.05) is 0 Å². The molecule has 1 heterocycles. The van der Waals surface area contributed by atoms with Crippen molar-refractivity contribution in [1.82, 2.24) is 0 Å². The summed E-state index contributed by atoms with van der Waals surface area (Å²) in [6.45, 7) is 2.00. The third-order valence-electron chi connectivity index (χ3n) is 2.46. The van der Waals surface area contributed by atoms with Crippen molar-refractivity contribution in [3.05, 3.63) is 35.6 Å². The average Bonchev–Trinajstić information content (AvgIpc) is 2.85. The van der Waals surface area contributed by atoms with Crippen LogP contribution in [-0.2, 0) is 10.3 Å². The van der Waals surface area contributed by atoms with Crippen LogP contribution in [0.5, 0.6) is 0 Å². The number of halogens is 1. The molecule has 0 aromatic heterocycles. The molecule has 2 nitrogen and oxygen atoms in total. The summed E-state index contributed by atoms with van der Waals surface area (Å²) in [7, 11) is 0. The van der Waals surface area contributed by atoms with E-state index in [2.05, 4.69) is 0 Å². The molecule has 3 heteroatoms. The fraction of sp³-hybridized carbons (Fsp3) is 0.400. The lowest BCUT2D eigenvalue weighted by Gasteiger charge is -2.15. The SMILES string of the molecule is C[C@@H](O)C1(c2ccccc2F)CO1. The van der Waals surface area contributed by atoms with E-state index in [1.54, 1.807) is 25.1 Å². The first kappa shape index (κ1) is 8.66. The van der Waals surface area contributed by atoms with Gasteiger partial charge in [0.05, 0.1) is 12.7 Å². The average molecular weight is 182 g/mol. The lowest BCUT2D eigenvalue weighted by atomic mass is 9.94. The Hall–Kier alpha value is -0.930. The summed E-state index contributed by atoms with van der Waals surface area (Å²) in [5.74, 6) is -0.319. The van der Waals surface area contributed by atoms with Crippen LogP contribution in [0.2, 0.25) is 0 Å². The smallest absolute Gasteiger partial charge is 0.145 e. The van der Waals surface area contributed by atoms with Crippen LogP contribution in [0, 0.1) is 5.82 Å². The molecule has 70 valence electrons. The number of ether oxygens (including phenoxy) is 1. The molecule has 2 atom stereocenters. The maximum atomic E-state index is 13.3. The summed E-state index contributed by atoms with van der Waals surface area (Å²) in [6, 6.07) is 6.39. The van der Waals surface area contributed by atoms with Gasteiger partial charge in [-0.2, -0.15) is 0 Å². The third-order valence-corrected chi connectivity index (χ3v) is 2.46. The number of benzene rings is 1. The lowest BCUT2D eigenvalue weighted by molar-refractivity contribution is 0.0863. The molecule has 1 aliphatic rings. The summed E-state index contributed by atoms with van der Waals surface area (Å²) >= 11 is 0. The minimum atomic E-state index is -0.786. The van der Waals surface area contributed by atoms with Crippen LogP contribution in [0.3, 0.4) is 0 Å². The highest BCUT2D eigenvalue weighted by molar-refractivity contribution is 5.29. The van der Waals surface area contributed by atoms with Gasteiger partial charge in [0.2, 0.25) is 0 Å². The van der Waals surface area contributed by atoms with Gasteiger partial charge in [0.1, 0.15) is 11.4 Å². The van der Waals surface area contributed by atoms with Gasteiger partial charge in [-0.05, 0) is 13.0 Å². The van der Waals surface area contributed by atoms with Gasteiger partial charge in [0.25, 0.3) is 0 Å². The molecular weight excluding hydrogens is 171 g/mol. The monoisotopic (exact) mass is 182 g/mol. The zero-order chi connectivity index (χ0) is 9.47. The van der Waals surface area contributed by atoms with Gasteiger partial charge in [0, 0.05) is 5.56 Å². The maximum absolute atomic E-state index is 13.3. The van der Waals surface area contributed by atoms with E-state index in [1.165, 1.54) is 6.07 Å². The largest absolute Gasteiger partial charge is 0.390 e. The number of aliphatic hydroxyl groups is 1. The zero-order valence-electron chi connectivity index (χ0n) is 7.33. The van der Waals surface area contributed by atoms with Gasteiger partial charge < -0.3 is 9.84 Å². The molecular formula is C10H11FO2. The molecule has 1 N–H and O–H groups in total. The highest BCUT2D eigenvalue weighted by Crippen LogP contribution is 2.42. The minimum Gasteiger partial charge on any atom is -0.390 e. The predicted octanol–water partition coefficient (Wildman–Crippen LogP) is 1.43. The molecule has 1 unspecified atom stereocenters. The van der Waals surface area contributed by atoms with Crippen molar-refractivity contribution in [1.29, 1.82) is 0 Å². The van der Waals surface area contributed by atoms with Crippen molar-refractivity contribution in [2.45, 2.75) is 18.6 Å². The quantitative estimate of drug-likeness (QED) is 0.702. The van der Waals surface area contributed by atoms with E-state index in [9.17, 15) is 9.50 Å². The summed E-state index contributed by atoms with van der Waals surface area (Å²) < 4.78 is 18.4. The molecule has 0 aliphatic carbocycles. The number of aliphatic hydroxyl groups excluding tert-OH is 1.